The van der Waals surface area contributed by atoms with Gasteiger partial charge in [0.1, 0.15) is 11.3 Å². The maximum Gasteiger partial charge on any atom is 0.261 e. The Morgan fingerprint density at radius 2 is 2.21 bits per heavy atom. The van der Waals surface area contributed by atoms with Gasteiger partial charge in [-0.05, 0) is 37.0 Å². The average Bonchev–Trinajstić information content (AvgIpc) is 3.04. The topological polar surface area (TPSA) is 92.2 Å². The molecular formula is C18H20N2O4. The normalized spacial score (nSPS) is 16.7. The zero-order valence-corrected chi connectivity index (χ0v) is 13.6. The molecule has 0 saturated heterocycles. The highest BCUT2D eigenvalue weighted by Crippen LogP contribution is 2.23. The van der Waals surface area contributed by atoms with Crippen LogP contribution in [0.3, 0.4) is 0 Å². The van der Waals surface area contributed by atoms with Gasteiger partial charge in [-0.2, -0.15) is 0 Å². The molecule has 0 aromatic carbocycles. The zero-order valence-electron chi connectivity index (χ0n) is 13.6. The number of fused-ring (bicyclic) bond motifs is 1. The Labute approximate surface area is 139 Å². The first-order valence-corrected chi connectivity index (χ1v) is 8.14. The lowest BCUT2D eigenvalue weighted by molar-refractivity contribution is 0.0950. The summed E-state index contributed by atoms with van der Waals surface area (Å²) in [4.78, 5) is 39.1. The molecule has 0 bridgehead atoms. The third-order valence-electron chi connectivity index (χ3n) is 4.22. The maximum atomic E-state index is 12.2. The van der Waals surface area contributed by atoms with E-state index in [2.05, 4.69) is 10.3 Å². The minimum atomic E-state index is -0.454. The second-order valence-electron chi connectivity index (χ2n) is 6.28. The number of ketones is 1. The van der Waals surface area contributed by atoms with E-state index < -0.39 is 11.5 Å². The van der Waals surface area contributed by atoms with Gasteiger partial charge in [0.15, 0.2) is 5.78 Å². The first-order chi connectivity index (χ1) is 11.5. The molecule has 0 radical (unpaired) electrons. The predicted octanol–water partition coefficient (Wildman–Crippen LogP) is 2.10. The average molecular weight is 328 g/mol. The predicted molar refractivity (Wildman–Crippen MR) is 88.2 cm³/mol. The van der Waals surface area contributed by atoms with E-state index in [0.29, 0.717) is 43.5 Å². The Morgan fingerprint density at radius 1 is 1.38 bits per heavy atom. The largest absolute Gasteiger partial charge is 0.469 e. The van der Waals surface area contributed by atoms with Gasteiger partial charge in [0.25, 0.3) is 11.5 Å². The van der Waals surface area contributed by atoms with Crippen molar-refractivity contribution < 1.29 is 14.0 Å². The molecule has 1 atom stereocenters. The lowest BCUT2D eigenvalue weighted by Gasteiger charge is -2.20. The Kier molecular flexibility index (Phi) is 4.64. The number of Topliss-reactive ketones (excluding diaryl/α,β-unsaturated/α-hetero) is 1. The van der Waals surface area contributed by atoms with Crippen molar-refractivity contribution >= 4 is 11.7 Å². The van der Waals surface area contributed by atoms with E-state index in [4.69, 9.17) is 4.42 Å². The second kappa shape index (κ2) is 6.86. The molecule has 6 nitrogen and oxygen atoms in total. The SMILES string of the molecule is CC1CC(=O)c2cc(C(=O)NCCCc3ccco3)c(=O)[nH]c2C1. The zero-order chi connectivity index (χ0) is 17.1. The van der Waals surface area contributed by atoms with Crippen LogP contribution in [0.4, 0.5) is 0 Å². The van der Waals surface area contributed by atoms with Crippen molar-refractivity contribution in [2.45, 2.75) is 32.6 Å². The van der Waals surface area contributed by atoms with Crippen LogP contribution in [0, 0.1) is 5.92 Å². The molecule has 2 aromatic heterocycles. The Hall–Kier alpha value is -2.63. The van der Waals surface area contributed by atoms with Crippen LogP contribution < -0.4 is 10.9 Å². The van der Waals surface area contributed by atoms with Crippen molar-refractivity contribution in [3.05, 3.63) is 57.4 Å². The van der Waals surface area contributed by atoms with Crippen LogP contribution in [-0.2, 0) is 12.8 Å². The molecule has 6 heteroatoms. The summed E-state index contributed by atoms with van der Waals surface area (Å²) in [6.45, 7) is 2.40. The van der Waals surface area contributed by atoms with E-state index in [1.807, 2.05) is 19.1 Å². The monoisotopic (exact) mass is 328 g/mol. The second-order valence-corrected chi connectivity index (χ2v) is 6.28. The standard InChI is InChI=1S/C18H20N2O4/c1-11-8-15-13(16(21)9-11)10-14(18(23)20-15)17(22)19-6-2-4-12-5-3-7-24-12/h3,5,7,10-11H,2,4,6,8-9H2,1H3,(H,19,22)(H,20,23). The number of carbonyl (C=O) groups excluding carboxylic acids is 2. The fourth-order valence-corrected chi connectivity index (χ4v) is 3.01. The van der Waals surface area contributed by atoms with E-state index >= 15 is 0 Å². The molecule has 3 rings (SSSR count). The molecule has 2 heterocycles. The number of nitrogens with one attached hydrogen (secondary N) is 2. The van der Waals surface area contributed by atoms with Gasteiger partial charge in [-0.1, -0.05) is 6.92 Å². The van der Waals surface area contributed by atoms with Crippen LogP contribution in [0.2, 0.25) is 0 Å². The van der Waals surface area contributed by atoms with E-state index in [0.717, 1.165) is 5.76 Å². The Balaban J connectivity index is 1.65. The quantitative estimate of drug-likeness (QED) is 0.822. The van der Waals surface area contributed by atoms with Crippen LogP contribution in [0.25, 0.3) is 0 Å². The Bertz CT molecular complexity index is 805. The molecule has 0 spiro atoms. The minimum absolute atomic E-state index is 0.00495. The highest BCUT2D eigenvalue weighted by molar-refractivity contribution is 6.01. The molecule has 1 aliphatic rings. The van der Waals surface area contributed by atoms with Crippen LogP contribution in [0.5, 0.6) is 0 Å². The molecule has 1 unspecified atom stereocenters. The number of hydrogen-bond donors (Lipinski definition) is 2. The number of aryl methyl sites for hydroxylation is 1. The van der Waals surface area contributed by atoms with Crippen molar-refractivity contribution in [1.29, 1.82) is 0 Å². The van der Waals surface area contributed by atoms with Gasteiger partial charge in [0.05, 0.1) is 6.26 Å². The van der Waals surface area contributed by atoms with Crippen LogP contribution in [0.1, 0.15) is 51.9 Å². The number of pyridine rings is 1. The third kappa shape index (κ3) is 3.48. The fourth-order valence-electron chi connectivity index (χ4n) is 3.01. The molecule has 1 amide bonds. The number of aromatic amines is 1. The van der Waals surface area contributed by atoms with Crippen molar-refractivity contribution in [2.24, 2.45) is 5.92 Å². The molecule has 0 saturated carbocycles. The lowest BCUT2D eigenvalue weighted by Crippen LogP contribution is -2.33. The van der Waals surface area contributed by atoms with Crippen molar-refractivity contribution in [3.63, 3.8) is 0 Å². The molecule has 0 fully saturated rings. The van der Waals surface area contributed by atoms with Crippen LogP contribution in [0.15, 0.2) is 33.7 Å². The summed E-state index contributed by atoms with van der Waals surface area (Å²) < 4.78 is 5.22. The number of rotatable bonds is 5. The fraction of sp³-hybridized carbons (Fsp3) is 0.389. The third-order valence-corrected chi connectivity index (χ3v) is 4.22. The number of H-pyrrole nitrogens is 1. The smallest absolute Gasteiger partial charge is 0.261 e. The molecule has 2 N–H and O–H groups in total. The van der Waals surface area contributed by atoms with Gasteiger partial charge in [-0.3, -0.25) is 14.4 Å². The van der Waals surface area contributed by atoms with Crippen LogP contribution >= 0.6 is 0 Å². The summed E-state index contributed by atoms with van der Waals surface area (Å²) in [5.41, 5.74) is 0.653. The van der Waals surface area contributed by atoms with E-state index in [1.54, 1.807) is 6.26 Å². The van der Waals surface area contributed by atoms with Crippen molar-refractivity contribution in [3.8, 4) is 0 Å². The van der Waals surface area contributed by atoms with E-state index in [1.165, 1.54) is 6.07 Å². The van der Waals surface area contributed by atoms with E-state index in [9.17, 15) is 14.4 Å². The number of aromatic nitrogens is 1. The number of hydrogen-bond acceptors (Lipinski definition) is 4. The van der Waals surface area contributed by atoms with Crippen LogP contribution in [-0.4, -0.2) is 23.2 Å². The first kappa shape index (κ1) is 16.2. The highest BCUT2D eigenvalue weighted by atomic mass is 16.3. The molecule has 126 valence electrons. The van der Waals surface area contributed by atoms with Gasteiger partial charge in [-0.25, -0.2) is 0 Å². The molecule has 24 heavy (non-hydrogen) atoms. The van der Waals surface area contributed by atoms with Gasteiger partial charge >= 0.3 is 0 Å². The van der Waals surface area contributed by atoms with Gasteiger partial charge in [0, 0.05) is 30.6 Å². The number of amides is 1. The summed E-state index contributed by atoms with van der Waals surface area (Å²) in [5, 5.41) is 2.72. The van der Waals surface area contributed by atoms with Crippen molar-refractivity contribution in [2.75, 3.05) is 6.54 Å². The molecular weight excluding hydrogens is 308 g/mol. The summed E-state index contributed by atoms with van der Waals surface area (Å²) in [5.74, 6) is 0.592. The lowest BCUT2D eigenvalue weighted by atomic mass is 9.86. The summed E-state index contributed by atoms with van der Waals surface area (Å²) in [6, 6.07) is 5.13. The maximum absolute atomic E-state index is 12.2. The van der Waals surface area contributed by atoms with E-state index in [-0.39, 0.29) is 17.3 Å². The number of furan rings is 1. The molecule has 2 aromatic rings. The summed E-state index contributed by atoms with van der Waals surface area (Å²) in [7, 11) is 0. The summed E-state index contributed by atoms with van der Waals surface area (Å²) >= 11 is 0. The first-order valence-electron chi connectivity index (χ1n) is 8.14. The van der Waals surface area contributed by atoms with Gasteiger partial charge in [0.2, 0.25) is 0 Å². The Morgan fingerprint density at radius 3 is 2.96 bits per heavy atom. The minimum Gasteiger partial charge on any atom is -0.469 e. The highest BCUT2D eigenvalue weighted by Gasteiger charge is 2.25. The molecule has 0 aliphatic heterocycles. The van der Waals surface area contributed by atoms with Gasteiger partial charge in [-0.15, -0.1) is 0 Å². The van der Waals surface area contributed by atoms with Gasteiger partial charge < -0.3 is 14.7 Å². The molecule has 1 aliphatic carbocycles. The summed E-state index contributed by atoms with van der Waals surface area (Å²) in [6.07, 6.45) is 4.13. The number of carbonyl (C=O) groups is 2. The van der Waals surface area contributed by atoms with Crippen molar-refractivity contribution in [1.82, 2.24) is 10.3 Å².